The van der Waals surface area contributed by atoms with Crippen LogP contribution in [0.4, 0.5) is 19.3 Å². The number of rotatable bonds is 8. The van der Waals surface area contributed by atoms with E-state index in [9.17, 15) is 23.2 Å². The van der Waals surface area contributed by atoms with Crippen molar-refractivity contribution in [2.45, 2.75) is 47.5 Å². The first-order valence-electron chi connectivity index (χ1n) is 14.5. The Kier molecular flexibility index (Phi) is 12.0. The van der Waals surface area contributed by atoms with E-state index in [-0.39, 0.29) is 49.3 Å². The number of urea groups is 1. The van der Waals surface area contributed by atoms with E-state index in [1.165, 1.54) is 17.7 Å². The van der Waals surface area contributed by atoms with Crippen molar-refractivity contribution in [3.63, 3.8) is 0 Å². The number of hydrogen-bond acceptors (Lipinski definition) is 8. The first-order chi connectivity index (χ1) is 22.8. The molecule has 3 aromatic rings. The molecule has 1 aromatic heterocycles. The number of methoxy groups -OCH3 is 1. The van der Waals surface area contributed by atoms with Gasteiger partial charge in [-0.15, -0.1) is 0 Å². The fourth-order valence-electron chi connectivity index (χ4n) is 5.43. The van der Waals surface area contributed by atoms with Gasteiger partial charge in [-0.05, 0) is 73.5 Å². The molecule has 5 rings (SSSR count). The lowest BCUT2D eigenvalue weighted by atomic mass is 10.0. The second kappa shape index (κ2) is 15.6. The van der Waals surface area contributed by atoms with Gasteiger partial charge in [-0.25, -0.2) is 4.79 Å². The van der Waals surface area contributed by atoms with Crippen LogP contribution in [0.3, 0.4) is 0 Å². The number of fused-ring (bicyclic) bond motifs is 1. The molecule has 1 N–H and O–H groups in total. The maximum absolute atomic E-state index is 13.3. The van der Waals surface area contributed by atoms with Crippen molar-refractivity contribution in [1.29, 1.82) is 10.5 Å². The summed E-state index contributed by atoms with van der Waals surface area (Å²) in [6.07, 6.45) is 1.63. The third-order valence-electron chi connectivity index (χ3n) is 7.86. The van der Waals surface area contributed by atoms with Gasteiger partial charge in [0.2, 0.25) is 0 Å². The van der Waals surface area contributed by atoms with Crippen molar-refractivity contribution in [3.05, 3.63) is 78.7 Å². The highest BCUT2D eigenvalue weighted by molar-refractivity contribution is 7.99. The average molecular weight is 738 g/mol. The number of carbonyl (C=O) groups excluding carboxylic acids is 2. The highest BCUT2D eigenvalue weighted by Crippen LogP contribution is 2.43. The number of nitrogens with zero attached hydrogens (tertiary/aromatic N) is 5. The van der Waals surface area contributed by atoms with E-state index in [4.69, 9.17) is 50.1 Å². The number of nitriles is 2. The van der Waals surface area contributed by atoms with Crippen molar-refractivity contribution < 1.29 is 23.1 Å². The zero-order chi connectivity index (χ0) is 35.3. The number of carbonyl (C=O) groups is 2. The molecule has 2 aliphatic rings. The lowest BCUT2D eigenvalue weighted by Crippen LogP contribution is -2.49. The van der Waals surface area contributed by atoms with Crippen LogP contribution in [0.15, 0.2) is 44.9 Å². The molecule has 0 saturated carbocycles. The maximum atomic E-state index is 13.3. The number of nitrogens with one attached hydrogen (secondary N) is 1. The minimum atomic E-state index is -3.84. The molecular formula is C32H29Cl3F2N6O4S. The van der Waals surface area contributed by atoms with Gasteiger partial charge in [-0.2, -0.15) is 19.3 Å². The van der Waals surface area contributed by atoms with Crippen molar-refractivity contribution in [2.24, 2.45) is 0 Å². The average Bonchev–Trinajstić information content (AvgIpc) is 3.35. The minimum absolute atomic E-state index is 0.0219. The summed E-state index contributed by atoms with van der Waals surface area (Å²) in [5.74, 6) is 0.707. The number of aromatic nitrogens is 1. The summed E-state index contributed by atoms with van der Waals surface area (Å²) >= 11 is 17.7. The van der Waals surface area contributed by atoms with Crippen LogP contribution in [-0.4, -0.2) is 60.9 Å². The van der Waals surface area contributed by atoms with E-state index in [0.717, 1.165) is 43.4 Å². The van der Waals surface area contributed by atoms with Crippen LogP contribution in [-0.2, 0) is 11.9 Å². The van der Waals surface area contributed by atoms with Crippen LogP contribution in [0.5, 0.6) is 5.75 Å². The number of alkyl halides is 3. The van der Waals surface area contributed by atoms with E-state index in [2.05, 4.69) is 17.0 Å². The number of aldehydes is 1. The van der Waals surface area contributed by atoms with Crippen LogP contribution in [0.1, 0.15) is 58.5 Å². The second-order valence-corrected chi connectivity index (χ2v) is 13.1. The van der Waals surface area contributed by atoms with Gasteiger partial charge in [0.25, 0.3) is 5.56 Å². The Bertz CT molecular complexity index is 1870. The Hall–Kier alpha value is -3.85. The van der Waals surface area contributed by atoms with Gasteiger partial charge in [0, 0.05) is 37.1 Å². The molecule has 0 aliphatic carbocycles. The molecule has 1 atom stereocenters. The summed E-state index contributed by atoms with van der Waals surface area (Å²) in [4.78, 5) is 43.4. The fraction of sp³-hybridized carbons (Fsp3) is 0.344. The van der Waals surface area contributed by atoms with Gasteiger partial charge >= 0.3 is 11.4 Å². The topological polar surface area (TPSA) is 134 Å². The van der Waals surface area contributed by atoms with Gasteiger partial charge in [0.15, 0.2) is 6.29 Å². The van der Waals surface area contributed by atoms with Crippen LogP contribution in [0.25, 0.3) is 0 Å². The van der Waals surface area contributed by atoms with Crippen LogP contribution < -0.4 is 15.2 Å². The van der Waals surface area contributed by atoms with Crippen LogP contribution >= 0.6 is 46.6 Å². The van der Waals surface area contributed by atoms with Crippen LogP contribution in [0.2, 0.25) is 10.0 Å². The number of halogens is 5. The van der Waals surface area contributed by atoms with Gasteiger partial charge < -0.3 is 14.6 Å². The van der Waals surface area contributed by atoms with Crippen LogP contribution in [0, 0.1) is 22.7 Å². The molecule has 252 valence electrons. The zero-order valence-corrected chi connectivity index (χ0v) is 29.0. The van der Waals surface area contributed by atoms with E-state index in [1.807, 2.05) is 40.9 Å². The summed E-state index contributed by atoms with van der Waals surface area (Å²) in [5.41, 5.74) is 0.944. The quantitative estimate of drug-likeness (QED) is 0.185. The molecule has 0 spiro atoms. The predicted octanol–water partition coefficient (Wildman–Crippen LogP) is 7.55. The number of ether oxygens (including phenoxy) is 1. The largest absolute Gasteiger partial charge is 0.495 e. The van der Waals surface area contributed by atoms with E-state index >= 15 is 0 Å². The van der Waals surface area contributed by atoms with Gasteiger partial charge in [-0.3, -0.25) is 19.4 Å². The summed E-state index contributed by atoms with van der Waals surface area (Å²) in [6, 6.07) is 11.9. The first kappa shape index (κ1) is 37.0. The Morgan fingerprint density at radius 3 is 2.52 bits per heavy atom. The fourth-order valence-corrected chi connectivity index (χ4v) is 7.19. The summed E-state index contributed by atoms with van der Waals surface area (Å²) < 4.78 is 32.1. The van der Waals surface area contributed by atoms with Crippen molar-refractivity contribution in [1.82, 2.24) is 14.8 Å². The smallest absolute Gasteiger partial charge is 0.362 e. The van der Waals surface area contributed by atoms with E-state index in [1.54, 1.807) is 7.11 Å². The molecule has 0 bridgehead atoms. The maximum Gasteiger partial charge on any atom is 0.362 e. The SMILES string of the molecule is CCN1CCCN(c2cc3c(cc2OC)C(CC#N)N(C)C3)C1=O.N#Cc1ccc(Cl)c(Sc2cc(C(F)(F)Cl)[nH]c(=O)c2C=O)c1Cl. The molecule has 2 amide bonds. The normalized spacial score (nSPS) is 16.0. The van der Waals surface area contributed by atoms with Crippen molar-refractivity contribution >= 4 is 64.6 Å². The molecule has 1 saturated heterocycles. The number of H-pyrrole nitrogens is 1. The number of anilines is 1. The number of benzene rings is 2. The molecule has 3 heterocycles. The Labute approximate surface area is 294 Å². The molecule has 2 aromatic carbocycles. The summed E-state index contributed by atoms with van der Waals surface area (Å²) in [6.45, 7) is 5.03. The Balaban J connectivity index is 0.000000217. The molecule has 16 heteroatoms. The second-order valence-electron chi connectivity index (χ2n) is 10.7. The molecule has 48 heavy (non-hydrogen) atoms. The molecule has 1 fully saturated rings. The number of amides is 2. The third-order valence-corrected chi connectivity index (χ3v) is 10.2. The zero-order valence-electron chi connectivity index (χ0n) is 26.0. The van der Waals surface area contributed by atoms with Gasteiger partial charge in [0.1, 0.15) is 17.5 Å². The van der Waals surface area contributed by atoms with Crippen molar-refractivity contribution in [2.75, 3.05) is 38.7 Å². The van der Waals surface area contributed by atoms with Gasteiger partial charge in [-0.1, -0.05) is 35.0 Å². The molecule has 2 aliphatic heterocycles. The lowest BCUT2D eigenvalue weighted by Gasteiger charge is -2.35. The number of pyridine rings is 1. The van der Waals surface area contributed by atoms with Gasteiger partial charge in [0.05, 0.1) is 51.4 Å². The standard InChI is InChI=1S/C18H24N4O2.C14H5Cl3F2N2O2S/c1-4-21-8-5-9-22(18(21)23)16-10-13-12-20(2)15(6-7-19)14(13)11-17(16)24-3;15-8-2-1-6(4-20)11(16)12(8)24-9-3-10(14(17,18)19)21-13(23)7(9)5-22/h10-11,15H,4-6,8-9,12H2,1-3H3;1-3,5H,(H,21,23). The minimum Gasteiger partial charge on any atom is -0.495 e. The molecule has 1 unspecified atom stereocenters. The third kappa shape index (κ3) is 7.72. The summed E-state index contributed by atoms with van der Waals surface area (Å²) in [7, 11) is 3.66. The number of hydrogen-bond donors (Lipinski definition) is 1. The highest BCUT2D eigenvalue weighted by Gasteiger charge is 2.33. The molecule has 0 radical (unpaired) electrons. The lowest BCUT2D eigenvalue weighted by molar-refractivity contribution is 0.0891. The monoisotopic (exact) mass is 736 g/mol. The van der Waals surface area contributed by atoms with Crippen molar-refractivity contribution in [3.8, 4) is 17.9 Å². The predicted molar refractivity (Wildman–Crippen MR) is 180 cm³/mol. The Morgan fingerprint density at radius 1 is 1.19 bits per heavy atom. The van der Waals surface area contributed by atoms with E-state index in [0.29, 0.717) is 30.5 Å². The summed E-state index contributed by atoms with van der Waals surface area (Å²) in [5, 5.41) is 14.3. The Morgan fingerprint density at radius 2 is 1.92 bits per heavy atom. The van der Waals surface area contributed by atoms with E-state index < -0.39 is 16.6 Å². The molecular weight excluding hydrogens is 709 g/mol. The number of aromatic amines is 1. The molecule has 10 nitrogen and oxygen atoms in total. The first-order valence-corrected chi connectivity index (χ1v) is 16.4. The highest BCUT2D eigenvalue weighted by atomic mass is 35.5.